The third-order valence-electron chi connectivity index (χ3n) is 3.17. The van der Waals surface area contributed by atoms with Gasteiger partial charge in [0.05, 0.1) is 5.97 Å². The molecule has 0 amide bonds. The molecule has 1 saturated carbocycles. The maximum Gasteiger partial charge on any atom is 0.161 e. The molecule has 0 saturated heterocycles. The lowest BCUT2D eigenvalue weighted by Crippen LogP contribution is -2.21. The van der Waals surface area contributed by atoms with Gasteiger partial charge in [-0.3, -0.25) is 4.79 Å². The number of aromatic carboxylic acids is 1. The molecule has 0 heterocycles. The van der Waals surface area contributed by atoms with Crippen molar-refractivity contribution in [1.82, 2.24) is 0 Å². The maximum atomic E-state index is 11.7. The summed E-state index contributed by atoms with van der Waals surface area (Å²) in [6.07, 6.45) is 5.20. The van der Waals surface area contributed by atoms with Gasteiger partial charge in [0.25, 0.3) is 0 Å². The van der Waals surface area contributed by atoms with E-state index in [1.165, 1.54) is 12.1 Å². The molecule has 3 nitrogen and oxygen atoms in total. The first-order valence-electron chi connectivity index (χ1n) is 5.55. The number of rotatable bonds is 4. The van der Waals surface area contributed by atoms with Crippen LogP contribution in [0.4, 0.5) is 0 Å². The first-order valence-corrected chi connectivity index (χ1v) is 5.55. The first kappa shape index (κ1) is 11.6. The minimum Gasteiger partial charge on any atom is -0.545 e. The van der Waals surface area contributed by atoms with Crippen molar-refractivity contribution in [1.29, 1.82) is 0 Å². The van der Waals surface area contributed by atoms with Crippen LogP contribution in [0, 0.1) is 5.41 Å². The molecular formula is C14H13O3-. The molecule has 0 spiro atoms. The minimum atomic E-state index is -1.19. The topological polar surface area (TPSA) is 57.2 Å². The Balaban J connectivity index is 2.06. The second-order valence-corrected chi connectivity index (χ2v) is 4.67. The van der Waals surface area contributed by atoms with Crippen molar-refractivity contribution >= 4 is 17.8 Å². The predicted molar refractivity (Wildman–Crippen MR) is 62.2 cm³/mol. The van der Waals surface area contributed by atoms with Gasteiger partial charge in [0, 0.05) is 5.41 Å². The molecule has 1 aromatic carbocycles. The van der Waals surface area contributed by atoms with Gasteiger partial charge in [-0.05, 0) is 30.0 Å². The maximum absolute atomic E-state index is 11.7. The van der Waals surface area contributed by atoms with E-state index in [1.54, 1.807) is 24.3 Å². The van der Waals surface area contributed by atoms with Gasteiger partial charge in [0.2, 0.25) is 0 Å². The molecule has 0 bridgehead atoms. The molecule has 0 atom stereocenters. The molecule has 1 aliphatic rings. The molecule has 1 aromatic rings. The standard InChI is InChI=1S/C14H14O3/c1-14(8-9-14)12(15)7-4-10-2-5-11(6-3-10)13(16)17/h2-7H,8-9H2,1H3,(H,16,17)/p-1/b7-4+. The van der Waals surface area contributed by atoms with E-state index in [0.29, 0.717) is 0 Å². The SMILES string of the molecule is CC1(C(=O)/C=C/c2ccc(C(=O)[O-])cc2)CC1. The van der Waals surface area contributed by atoms with Crippen molar-refractivity contribution in [2.45, 2.75) is 19.8 Å². The highest BCUT2D eigenvalue weighted by molar-refractivity contribution is 5.99. The number of carbonyl (C=O) groups is 2. The Labute approximate surface area is 99.8 Å². The first-order chi connectivity index (χ1) is 8.01. The van der Waals surface area contributed by atoms with E-state index in [9.17, 15) is 14.7 Å². The summed E-state index contributed by atoms with van der Waals surface area (Å²) in [5, 5.41) is 10.5. The highest BCUT2D eigenvalue weighted by Gasteiger charge is 2.42. The number of carboxylic acids is 1. The Bertz CT molecular complexity index is 479. The van der Waals surface area contributed by atoms with E-state index in [1.807, 2.05) is 6.92 Å². The van der Waals surface area contributed by atoms with Crippen LogP contribution in [0.3, 0.4) is 0 Å². The normalized spacial score (nSPS) is 17.0. The Morgan fingerprint density at radius 2 is 1.82 bits per heavy atom. The van der Waals surface area contributed by atoms with Crippen molar-refractivity contribution in [2.75, 3.05) is 0 Å². The molecule has 88 valence electrons. The third kappa shape index (κ3) is 2.61. The van der Waals surface area contributed by atoms with Crippen LogP contribution in [-0.4, -0.2) is 11.8 Å². The average Bonchev–Trinajstić information content (AvgIpc) is 3.06. The fraction of sp³-hybridized carbons (Fsp3) is 0.286. The van der Waals surface area contributed by atoms with E-state index in [4.69, 9.17) is 0 Å². The van der Waals surface area contributed by atoms with Gasteiger partial charge in [-0.15, -0.1) is 0 Å². The lowest BCUT2D eigenvalue weighted by atomic mass is 10.0. The molecule has 1 fully saturated rings. The largest absolute Gasteiger partial charge is 0.545 e. The van der Waals surface area contributed by atoms with Gasteiger partial charge in [0.15, 0.2) is 5.78 Å². The third-order valence-corrected chi connectivity index (χ3v) is 3.17. The fourth-order valence-electron chi connectivity index (χ4n) is 1.54. The number of benzene rings is 1. The predicted octanol–water partition coefficient (Wildman–Crippen LogP) is 1.43. The molecule has 2 rings (SSSR count). The van der Waals surface area contributed by atoms with Crippen LogP contribution in [0.25, 0.3) is 6.08 Å². The minimum absolute atomic E-state index is 0.140. The lowest BCUT2D eigenvalue weighted by Gasteiger charge is -2.03. The smallest absolute Gasteiger partial charge is 0.161 e. The average molecular weight is 229 g/mol. The highest BCUT2D eigenvalue weighted by Crippen LogP contribution is 2.46. The summed E-state index contributed by atoms with van der Waals surface area (Å²) in [5.74, 6) is -1.05. The van der Waals surface area contributed by atoms with E-state index in [0.717, 1.165) is 18.4 Å². The molecule has 0 N–H and O–H groups in total. The molecule has 0 aliphatic heterocycles. The molecule has 17 heavy (non-hydrogen) atoms. The van der Waals surface area contributed by atoms with Crippen LogP contribution in [0.2, 0.25) is 0 Å². The quantitative estimate of drug-likeness (QED) is 0.734. The summed E-state index contributed by atoms with van der Waals surface area (Å²) in [7, 11) is 0. The summed E-state index contributed by atoms with van der Waals surface area (Å²) in [4.78, 5) is 22.2. The summed E-state index contributed by atoms with van der Waals surface area (Å²) in [6, 6.07) is 6.25. The highest BCUT2D eigenvalue weighted by atomic mass is 16.4. The molecule has 0 aromatic heterocycles. The van der Waals surface area contributed by atoms with Gasteiger partial charge in [-0.1, -0.05) is 37.3 Å². The molecule has 1 aliphatic carbocycles. The second kappa shape index (κ2) is 4.17. The van der Waals surface area contributed by atoms with Crippen LogP contribution in [0.15, 0.2) is 30.3 Å². The van der Waals surface area contributed by atoms with E-state index < -0.39 is 5.97 Å². The van der Waals surface area contributed by atoms with Crippen molar-refractivity contribution in [3.63, 3.8) is 0 Å². The van der Waals surface area contributed by atoms with Gasteiger partial charge >= 0.3 is 0 Å². The van der Waals surface area contributed by atoms with E-state index in [2.05, 4.69) is 0 Å². The molecular weight excluding hydrogens is 216 g/mol. The van der Waals surface area contributed by atoms with Gasteiger partial charge in [0.1, 0.15) is 0 Å². The number of allylic oxidation sites excluding steroid dienone is 1. The lowest BCUT2D eigenvalue weighted by molar-refractivity contribution is -0.255. The van der Waals surface area contributed by atoms with Crippen LogP contribution in [0.1, 0.15) is 35.7 Å². The molecule has 3 heteroatoms. The summed E-state index contributed by atoms with van der Waals surface area (Å²) >= 11 is 0. The monoisotopic (exact) mass is 229 g/mol. The van der Waals surface area contributed by atoms with E-state index >= 15 is 0 Å². The van der Waals surface area contributed by atoms with Gasteiger partial charge in [-0.2, -0.15) is 0 Å². The zero-order valence-corrected chi connectivity index (χ0v) is 9.60. The summed E-state index contributed by atoms with van der Waals surface area (Å²) in [6.45, 7) is 1.96. The Hall–Kier alpha value is -1.90. The van der Waals surface area contributed by atoms with Gasteiger partial charge in [-0.25, -0.2) is 0 Å². The Kier molecular flexibility index (Phi) is 2.84. The Morgan fingerprint density at radius 3 is 2.29 bits per heavy atom. The second-order valence-electron chi connectivity index (χ2n) is 4.67. The number of hydrogen-bond acceptors (Lipinski definition) is 3. The number of carbonyl (C=O) groups excluding carboxylic acids is 2. The fourth-order valence-corrected chi connectivity index (χ4v) is 1.54. The Morgan fingerprint density at radius 1 is 1.24 bits per heavy atom. The number of carboxylic acid groups (broad SMARTS) is 1. The van der Waals surface area contributed by atoms with E-state index in [-0.39, 0.29) is 16.8 Å². The number of ketones is 1. The van der Waals surface area contributed by atoms with Crippen LogP contribution >= 0.6 is 0 Å². The van der Waals surface area contributed by atoms with Crippen molar-refractivity contribution < 1.29 is 14.7 Å². The van der Waals surface area contributed by atoms with Gasteiger partial charge < -0.3 is 9.90 Å². The van der Waals surface area contributed by atoms with Crippen molar-refractivity contribution in [3.8, 4) is 0 Å². The zero-order valence-electron chi connectivity index (χ0n) is 9.60. The summed E-state index contributed by atoms with van der Waals surface area (Å²) in [5.41, 5.74) is 0.803. The molecule has 0 unspecified atom stereocenters. The number of hydrogen-bond donors (Lipinski definition) is 0. The van der Waals surface area contributed by atoms with Crippen LogP contribution < -0.4 is 5.11 Å². The van der Waals surface area contributed by atoms with Crippen LogP contribution in [-0.2, 0) is 4.79 Å². The summed E-state index contributed by atoms with van der Waals surface area (Å²) < 4.78 is 0. The van der Waals surface area contributed by atoms with Crippen molar-refractivity contribution in [2.24, 2.45) is 5.41 Å². The zero-order chi connectivity index (χ0) is 12.5. The van der Waals surface area contributed by atoms with Crippen molar-refractivity contribution in [3.05, 3.63) is 41.5 Å². The molecule has 0 radical (unpaired) electrons. The van der Waals surface area contributed by atoms with Crippen LogP contribution in [0.5, 0.6) is 0 Å².